The molecule has 1 fully saturated rings. The van der Waals surface area contributed by atoms with Crippen LogP contribution < -0.4 is 5.32 Å². The molecule has 0 aromatic rings. The average Bonchev–Trinajstić information content (AvgIpc) is 2.75. The van der Waals surface area contributed by atoms with Crippen LogP contribution in [0.1, 0.15) is 34.1 Å². The summed E-state index contributed by atoms with van der Waals surface area (Å²) in [6.07, 6.45) is 1.47. The van der Waals surface area contributed by atoms with E-state index in [0.29, 0.717) is 12.1 Å². The van der Waals surface area contributed by atoms with Gasteiger partial charge in [0.15, 0.2) is 0 Å². The van der Waals surface area contributed by atoms with Crippen LogP contribution in [0.2, 0.25) is 0 Å². The summed E-state index contributed by atoms with van der Waals surface area (Å²) in [5.41, 5.74) is 0.275. The van der Waals surface area contributed by atoms with Crippen LogP contribution in [0.15, 0.2) is 0 Å². The lowest BCUT2D eigenvalue weighted by molar-refractivity contribution is 0.0510. The van der Waals surface area contributed by atoms with Gasteiger partial charge in [0.05, 0.1) is 19.3 Å². The molecular weight excluding hydrogens is 240 g/mol. The Morgan fingerprint density at radius 2 is 2.05 bits per heavy atom. The highest BCUT2D eigenvalue weighted by Gasteiger charge is 2.35. The van der Waals surface area contributed by atoms with Crippen molar-refractivity contribution in [3.63, 3.8) is 0 Å². The maximum atomic E-state index is 5.64. The molecule has 0 aromatic carbocycles. The van der Waals surface area contributed by atoms with E-state index in [1.54, 1.807) is 0 Å². The van der Waals surface area contributed by atoms with E-state index in [2.05, 4.69) is 45.0 Å². The second-order valence-electron chi connectivity index (χ2n) is 6.50. The maximum Gasteiger partial charge on any atom is 0.0596 e. The fourth-order valence-electron chi connectivity index (χ4n) is 2.49. The van der Waals surface area contributed by atoms with Gasteiger partial charge >= 0.3 is 0 Å². The van der Waals surface area contributed by atoms with E-state index in [9.17, 15) is 0 Å². The number of hydrogen-bond donors (Lipinski definition) is 1. The summed E-state index contributed by atoms with van der Waals surface area (Å²) in [6, 6.07) is 0.534. The second-order valence-corrected chi connectivity index (χ2v) is 6.50. The molecule has 0 amide bonds. The number of nitrogens with one attached hydrogen (secondary N) is 1. The fraction of sp³-hybridized carbons (Fsp3) is 1.00. The van der Waals surface area contributed by atoms with Crippen LogP contribution in [0, 0.1) is 5.41 Å². The summed E-state index contributed by atoms with van der Waals surface area (Å²) in [7, 11) is 2.18. The first-order valence-corrected chi connectivity index (χ1v) is 7.55. The highest BCUT2D eigenvalue weighted by molar-refractivity contribution is 4.88. The Balaban J connectivity index is 2.35. The molecule has 0 spiro atoms. The number of ether oxygens (including phenoxy) is 2. The molecule has 1 aliphatic heterocycles. The molecule has 0 bridgehead atoms. The Kier molecular flexibility index (Phi) is 7.29. The summed E-state index contributed by atoms with van der Waals surface area (Å²) in [4.78, 5) is 2.37. The zero-order valence-corrected chi connectivity index (χ0v) is 13.4. The van der Waals surface area contributed by atoms with Gasteiger partial charge in [-0.3, -0.25) is 0 Å². The lowest BCUT2D eigenvalue weighted by Gasteiger charge is -2.33. The maximum absolute atomic E-state index is 5.64. The predicted molar refractivity (Wildman–Crippen MR) is 79.6 cm³/mol. The van der Waals surface area contributed by atoms with Gasteiger partial charge in [-0.2, -0.15) is 0 Å². The van der Waals surface area contributed by atoms with Gasteiger partial charge in [-0.15, -0.1) is 0 Å². The van der Waals surface area contributed by atoms with Crippen molar-refractivity contribution in [2.45, 2.75) is 46.3 Å². The summed E-state index contributed by atoms with van der Waals surface area (Å²) >= 11 is 0. The molecule has 0 aliphatic carbocycles. The molecule has 0 radical (unpaired) electrons. The SMILES string of the molecule is CC(C)NCC1(CN(C)CCOC(C)C)CCOC1. The molecule has 1 unspecified atom stereocenters. The van der Waals surface area contributed by atoms with Crippen molar-refractivity contribution >= 4 is 0 Å². The molecule has 4 heteroatoms. The first kappa shape index (κ1) is 16.9. The largest absolute Gasteiger partial charge is 0.381 e. The molecule has 1 saturated heterocycles. The van der Waals surface area contributed by atoms with E-state index < -0.39 is 0 Å². The minimum absolute atomic E-state index is 0.275. The number of hydrogen-bond acceptors (Lipinski definition) is 4. The minimum atomic E-state index is 0.275. The lowest BCUT2D eigenvalue weighted by atomic mass is 9.86. The van der Waals surface area contributed by atoms with E-state index in [0.717, 1.165) is 45.9 Å². The number of nitrogens with zero attached hydrogens (tertiary/aromatic N) is 1. The Morgan fingerprint density at radius 3 is 2.58 bits per heavy atom. The van der Waals surface area contributed by atoms with Gasteiger partial charge in [-0.05, 0) is 27.3 Å². The molecule has 114 valence electrons. The van der Waals surface area contributed by atoms with Gasteiger partial charge in [-0.25, -0.2) is 0 Å². The summed E-state index contributed by atoms with van der Waals surface area (Å²) < 4.78 is 11.3. The molecule has 1 rings (SSSR count). The summed E-state index contributed by atoms with van der Waals surface area (Å²) in [5, 5.41) is 3.57. The molecule has 1 heterocycles. The molecule has 0 saturated carbocycles. The Morgan fingerprint density at radius 1 is 1.32 bits per heavy atom. The fourth-order valence-corrected chi connectivity index (χ4v) is 2.49. The van der Waals surface area contributed by atoms with Gasteiger partial charge in [0.1, 0.15) is 0 Å². The zero-order chi connectivity index (χ0) is 14.3. The minimum Gasteiger partial charge on any atom is -0.381 e. The summed E-state index contributed by atoms with van der Waals surface area (Å²) in [5.74, 6) is 0. The van der Waals surface area contributed by atoms with Crippen LogP contribution in [0.5, 0.6) is 0 Å². The van der Waals surface area contributed by atoms with Crippen LogP contribution in [0.4, 0.5) is 0 Å². The predicted octanol–water partition coefficient (Wildman–Crippen LogP) is 1.75. The van der Waals surface area contributed by atoms with Crippen molar-refractivity contribution < 1.29 is 9.47 Å². The molecular formula is C15H32N2O2. The van der Waals surface area contributed by atoms with Crippen molar-refractivity contribution in [2.24, 2.45) is 5.41 Å². The Bertz CT molecular complexity index is 238. The van der Waals surface area contributed by atoms with Crippen LogP contribution >= 0.6 is 0 Å². The van der Waals surface area contributed by atoms with Crippen molar-refractivity contribution in [1.82, 2.24) is 10.2 Å². The van der Waals surface area contributed by atoms with Crippen LogP contribution in [-0.2, 0) is 9.47 Å². The first-order chi connectivity index (χ1) is 8.93. The highest BCUT2D eigenvalue weighted by atomic mass is 16.5. The van der Waals surface area contributed by atoms with Crippen molar-refractivity contribution in [2.75, 3.05) is 46.5 Å². The first-order valence-electron chi connectivity index (χ1n) is 7.55. The molecule has 1 N–H and O–H groups in total. The highest BCUT2D eigenvalue weighted by Crippen LogP contribution is 2.28. The smallest absolute Gasteiger partial charge is 0.0596 e. The second kappa shape index (κ2) is 8.20. The molecule has 1 atom stereocenters. The monoisotopic (exact) mass is 272 g/mol. The topological polar surface area (TPSA) is 33.7 Å². The van der Waals surface area contributed by atoms with Crippen LogP contribution in [0.3, 0.4) is 0 Å². The average molecular weight is 272 g/mol. The molecule has 1 aliphatic rings. The van der Waals surface area contributed by atoms with Crippen molar-refractivity contribution in [3.05, 3.63) is 0 Å². The molecule has 4 nitrogen and oxygen atoms in total. The standard InChI is InChI=1S/C15H32N2O2/c1-13(2)16-10-15(6-8-18-12-15)11-17(5)7-9-19-14(3)4/h13-14,16H,6-12H2,1-5H3. The quantitative estimate of drug-likeness (QED) is 0.693. The molecule has 19 heavy (non-hydrogen) atoms. The lowest BCUT2D eigenvalue weighted by Crippen LogP contribution is -2.45. The van der Waals surface area contributed by atoms with Gasteiger partial charge in [0, 0.05) is 37.7 Å². The van der Waals surface area contributed by atoms with E-state index in [4.69, 9.17) is 9.47 Å². The van der Waals surface area contributed by atoms with Gasteiger partial charge in [0.2, 0.25) is 0 Å². The number of likely N-dealkylation sites (N-methyl/N-ethyl adjacent to an activating group) is 1. The summed E-state index contributed by atoms with van der Waals surface area (Å²) in [6.45, 7) is 14.3. The normalized spacial score (nSPS) is 24.0. The van der Waals surface area contributed by atoms with E-state index >= 15 is 0 Å². The van der Waals surface area contributed by atoms with E-state index in [1.165, 1.54) is 0 Å². The van der Waals surface area contributed by atoms with E-state index in [-0.39, 0.29) is 5.41 Å². The third-order valence-corrected chi connectivity index (χ3v) is 3.60. The van der Waals surface area contributed by atoms with Crippen molar-refractivity contribution in [1.29, 1.82) is 0 Å². The molecule has 0 aromatic heterocycles. The van der Waals surface area contributed by atoms with E-state index in [1.807, 2.05) is 0 Å². The Hall–Kier alpha value is -0.160. The van der Waals surface area contributed by atoms with Gasteiger partial charge in [-0.1, -0.05) is 13.8 Å². The van der Waals surface area contributed by atoms with Crippen LogP contribution in [0.25, 0.3) is 0 Å². The van der Waals surface area contributed by atoms with Gasteiger partial charge < -0.3 is 19.7 Å². The third-order valence-electron chi connectivity index (χ3n) is 3.60. The number of rotatable bonds is 9. The van der Waals surface area contributed by atoms with Crippen molar-refractivity contribution in [3.8, 4) is 0 Å². The van der Waals surface area contributed by atoms with Crippen LogP contribution in [-0.4, -0.2) is 63.5 Å². The zero-order valence-electron chi connectivity index (χ0n) is 13.4. The third kappa shape index (κ3) is 6.70. The Labute approximate surface area is 118 Å². The van der Waals surface area contributed by atoms with Gasteiger partial charge in [0.25, 0.3) is 0 Å².